The number of carbonyl (C=O) groups excluding carboxylic acids is 1. The van der Waals surface area contributed by atoms with Gasteiger partial charge in [0.05, 0.1) is 16.7 Å². The smallest absolute Gasteiger partial charge is 0.748 e. The van der Waals surface area contributed by atoms with Gasteiger partial charge >= 0.3 is 35.5 Å². The second-order valence-corrected chi connectivity index (χ2v) is 6.53. The van der Waals surface area contributed by atoms with Crippen LogP contribution < -0.4 is 29.6 Å². The van der Waals surface area contributed by atoms with E-state index in [1.165, 1.54) is 0 Å². The molecule has 7 heteroatoms. The zero-order valence-corrected chi connectivity index (χ0v) is 16.0. The molecule has 0 spiro atoms. The molecule has 0 aliphatic carbocycles. The minimum absolute atomic E-state index is 0. The third kappa shape index (κ3) is 18.1. The summed E-state index contributed by atoms with van der Waals surface area (Å²) >= 11 is 0. The van der Waals surface area contributed by atoms with Crippen LogP contribution in [-0.4, -0.2) is 31.3 Å². The van der Waals surface area contributed by atoms with Gasteiger partial charge in [-0.1, -0.05) is 45.1 Å². The maximum atomic E-state index is 11.1. The molecule has 0 saturated heterocycles. The van der Waals surface area contributed by atoms with Gasteiger partial charge < -0.3 is 9.29 Å². The summed E-state index contributed by atoms with van der Waals surface area (Å²) in [4.78, 5) is 11.1. The van der Waals surface area contributed by atoms with Crippen molar-refractivity contribution in [1.82, 2.24) is 0 Å². The fourth-order valence-electron chi connectivity index (χ4n) is 1.73. The normalized spacial score (nSPS) is 10.8. The second-order valence-electron chi connectivity index (χ2n) is 5.01. The van der Waals surface area contributed by atoms with Crippen LogP contribution in [0.1, 0.15) is 58.3 Å². The van der Waals surface area contributed by atoms with Gasteiger partial charge in [0.15, 0.2) is 0 Å². The number of hydrogen-bond acceptors (Lipinski definition) is 5. The Morgan fingerprint density at radius 3 is 1.86 bits per heavy atom. The van der Waals surface area contributed by atoms with Crippen molar-refractivity contribution in [2.24, 2.45) is 0 Å². The van der Waals surface area contributed by atoms with Crippen LogP contribution in [-0.2, 0) is 19.6 Å². The number of carbonyl (C=O) groups is 1. The van der Waals surface area contributed by atoms with E-state index in [9.17, 15) is 17.8 Å². The van der Waals surface area contributed by atoms with Gasteiger partial charge in [0, 0.05) is 11.3 Å². The molecule has 0 fully saturated rings. The Kier molecular flexibility index (Phi) is 15.3. The first-order chi connectivity index (χ1) is 9.33. The third-order valence-electron chi connectivity index (χ3n) is 2.87. The van der Waals surface area contributed by atoms with Gasteiger partial charge in [-0.25, -0.2) is 13.2 Å². The van der Waals surface area contributed by atoms with Crippen LogP contribution in [0.2, 0.25) is 0 Å². The largest absolute Gasteiger partial charge is 1.00 e. The molecule has 0 aliphatic rings. The summed E-state index contributed by atoms with van der Waals surface area (Å²) in [6.07, 6.45) is 7.28. The molecule has 0 radical (unpaired) electrons. The monoisotopic (exact) mass is 328 g/mol. The van der Waals surface area contributed by atoms with Gasteiger partial charge in [-0.05, 0) is 19.8 Å². The predicted molar refractivity (Wildman–Crippen MR) is 77.3 cm³/mol. The SMILES string of the molecule is C=C(C)C(=O)OCCCCCCCCCCS(=O)(=O)[O-].[Na+]. The molecule has 0 aliphatic heterocycles. The molecule has 0 unspecified atom stereocenters. The third-order valence-corrected chi connectivity index (χ3v) is 3.66. The molecular formula is C14H25NaO5S. The van der Waals surface area contributed by atoms with E-state index in [2.05, 4.69) is 6.58 Å². The Morgan fingerprint density at radius 2 is 1.43 bits per heavy atom. The number of unbranched alkanes of at least 4 members (excludes halogenated alkanes) is 7. The van der Waals surface area contributed by atoms with E-state index < -0.39 is 10.1 Å². The van der Waals surface area contributed by atoms with Gasteiger partial charge in [-0.2, -0.15) is 0 Å². The van der Waals surface area contributed by atoms with Crippen molar-refractivity contribution < 1.29 is 52.1 Å². The van der Waals surface area contributed by atoms with Crippen molar-refractivity contribution in [2.45, 2.75) is 58.3 Å². The van der Waals surface area contributed by atoms with E-state index in [1.54, 1.807) is 6.92 Å². The van der Waals surface area contributed by atoms with Crippen molar-refractivity contribution in [3.63, 3.8) is 0 Å². The number of esters is 1. The van der Waals surface area contributed by atoms with E-state index in [4.69, 9.17) is 4.74 Å². The van der Waals surface area contributed by atoms with Crippen LogP contribution in [0.25, 0.3) is 0 Å². The van der Waals surface area contributed by atoms with E-state index >= 15 is 0 Å². The molecule has 118 valence electrons. The minimum Gasteiger partial charge on any atom is -0.748 e. The van der Waals surface area contributed by atoms with Crippen LogP contribution in [0.3, 0.4) is 0 Å². The molecule has 0 aromatic carbocycles. The van der Waals surface area contributed by atoms with Crippen molar-refractivity contribution in [3.05, 3.63) is 12.2 Å². The predicted octanol–water partition coefficient (Wildman–Crippen LogP) is -0.224. The van der Waals surface area contributed by atoms with Gasteiger partial charge in [-0.15, -0.1) is 0 Å². The van der Waals surface area contributed by atoms with Gasteiger partial charge in [0.1, 0.15) is 0 Å². The summed E-state index contributed by atoms with van der Waals surface area (Å²) in [7, 11) is -4.04. The van der Waals surface area contributed by atoms with Crippen molar-refractivity contribution >= 4 is 16.1 Å². The first kappa shape index (κ1) is 23.4. The van der Waals surface area contributed by atoms with E-state index in [0.29, 0.717) is 18.6 Å². The molecule has 0 aromatic heterocycles. The Balaban J connectivity index is 0. The zero-order chi connectivity index (χ0) is 15.4. The topological polar surface area (TPSA) is 83.5 Å². The summed E-state index contributed by atoms with van der Waals surface area (Å²) < 4.78 is 36.0. The summed E-state index contributed by atoms with van der Waals surface area (Å²) in [5.41, 5.74) is 0.421. The molecule has 0 amide bonds. The Hall–Kier alpha value is 0.120. The molecule has 0 saturated carbocycles. The van der Waals surface area contributed by atoms with Crippen molar-refractivity contribution in [1.29, 1.82) is 0 Å². The quantitative estimate of drug-likeness (QED) is 0.163. The molecule has 0 heterocycles. The summed E-state index contributed by atoms with van der Waals surface area (Å²) in [5, 5.41) is 0. The molecular weight excluding hydrogens is 303 g/mol. The molecule has 0 atom stereocenters. The molecule has 0 bridgehead atoms. The van der Waals surface area contributed by atoms with Crippen LogP contribution in [0.5, 0.6) is 0 Å². The second kappa shape index (κ2) is 13.8. The number of ether oxygens (including phenoxy) is 1. The molecule has 0 aromatic rings. The Labute approximate surface area is 150 Å². The van der Waals surface area contributed by atoms with E-state index in [-0.39, 0.29) is 41.3 Å². The summed E-state index contributed by atoms with van der Waals surface area (Å²) in [6, 6.07) is 0. The van der Waals surface area contributed by atoms with Crippen LogP contribution in [0.15, 0.2) is 12.2 Å². The Bertz CT molecular complexity index is 392. The average Bonchev–Trinajstić information content (AvgIpc) is 2.34. The van der Waals surface area contributed by atoms with E-state index in [1.807, 2.05) is 0 Å². The first-order valence-electron chi connectivity index (χ1n) is 7.09. The van der Waals surface area contributed by atoms with Gasteiger partial charge in [0.25, 0.3) is 0 Å². The maximum Gasteiger partial charge on any atom is 1.00 e. The zero-order valence-electron chi connectivity index (χ0n) is 13.2. The maximum absolute atomic E-state index is 11.1. The molecule has 21 heavy (non-hydrogen) atoms. The average molecular weight is 328 g/mol. The van der Waals surface area contributed by atoms with Crippen LogP contribution in [0.4, 0.5) is 0 Å². The van der Waals surface area contributed by atoms with Gasteiger partial charge in [-0.3, -0.25) is 0 Å². The summed E-state index contributed by atoms with van der Waals surface area (Å²) in [5.74, 6) is -0.584. The number of rotatable bonds is 12. The Morgan fingerprint density at radius 1 is 1.00 bits per heavy atom. The fourth-order valence-corrected chi connectivity index (χ4v) is 2.29. The van der Waals surface area contributed by atoms with Crippen molar-refractivity contribution in [2.75, 3.05) is 12.4 Å². The minimum atomic E-state index is -4.04. The molecule has 0 rings (SSSR count). The molecule has 0 N–H and O–H groups in total. The molecule has 5 nitrogen and oxygen atoms in total. The van der Waals surface area contributed by atoms with Gasteiger partial charge in [0.2, 0.25) is 0 Å². The van der Waals surface area contributed by atoms with Crippen molar-refractivity contribution in [3.8, 4) is 0 Å². The number of hydrogen-bond donors (Lipinski definition) is 0. The van der Waals surface area contributed by atoms with E-state index in [0.717, 1.165) is 44.9 Å². The van der Waals surface area contributed by atoms with Crippen LogP contribution >= 0.6 is 0 Å². The first-order valence-corrected chi connectivity index (χ1v) is 8.67. The van der Waals surface area contributed by atoms with Crippen LogP contribution in [0, 0.1) is 0 Å². The standard InChI is InChI=1S/C14H26O5S.Na/c1-13(2)14(15)19-11-9-7-5-3-4-6-8-10-12-20(16,17)18;/h1,3-12H2,2H3,(H,16,17,18);/q;+1/p-1. The fraction of sp³-hybridized carbons (Fsp3) is 0.786. The summed E-state index contributed by atoms with van der Waals surface area (Å²) in [6.45, 7) is 5.57.